The summed E-state index contributed by atoms with van der Waals surface area (Å²) in [5.74, 6) is 0. The molecule has 0 aliphatic rings. The van der Waals surface area contributed by atoms with E-state index in [1.165, 1.54) is 0 Å². The highest BCUT2D eigenvalue weighted by atomic mass is 79.9. The Labute approximate surface area is 161 Å². The van der Waals surface area contributed by atoms with E-state index in [9.17, 15) is 4.79 Å². The number of rotatable bonds is 5. The van der Waals surface area contributed by atoms with Gasteiger partial charge in [-0.2, -0.15) is 5.10 Å². The maximum Gasteiger partial charge on any atom is 0.412 e. The normalized spacial score (nSPS) is 10.6. The van der Waals surface area contributed by atoms with Crippen molar-refractivity contribution in [3.63, 3.8) is 0 Å². The predicted molar refractivity (Wildman–Crippen MR) is 105 cm³/mol. The van der Waals surface area contributed by atoms with Crippen LogP contribution in [0.25, 0.3) is 0 Å². The number of carbonyl (C=O) groups is 1. The Balaban J connectivity index is 1.65. The summed E-state index contributed by atoms with van der Waals surface area (Å²) < 4.78 is 8.21. The van der Waals surface area contributed by atoms with E-state index < -0.39 is 6.09 Å². The van der Waals surface area contributed by atoms with Crippen LogP contribution in [0, 0.1) is 13.8 Å². The number of carbonyl (C=O) groups excluding carboxylic acids is 1. The van der Waals surface area contributed by atoms with Gasteiger partial charge in [-0.05, 0) is 37.1 Å². The van der Waals surface area contributed by atoms with Crippen LogP contribution in [0.1, 0.15) is 22.5 Å². The van der Waals surface area contributed by atoms with Gasteiger partial charge in [-0.15, -0.1) is 0 Å². The second kappa shape index (κ2) is 8.19. The fourth-order valence-corrected chi connectivity index (χ4v) is 2.92. The lowest BCUT2D eigenvalue weighted by Crippen LogP contribution is -2.14. The Morgan fingerprint density at radius 3 is 2.46 bits per heavy atom. The zero-order chi connectivity index (χ0) is 18.5. The lowest BCUT2D eigenvalue weighted by Gasteiger charge is -2.08. The zero-order valence-electron chi connectivity index (χ0n) is 14.7. The van der Waals surface area contributed by atoms with Crippen LogP contribution < -0.4 is 5.32 Å². The molecule has 6 heteroatoms. The topological polar surface area (TPSA) is 56.2 Å². The van der Waals surface area contributed by atoms with Crippen LogP contribution in [0.15, 0.2) is 59.1 Å². The number of anilines is 1. The molecule has 0 atom stereocenters. The molecule has 5 nitrogen and oxygen atoms in total. The molecule has 134 valence electrons. The number of benzene rings is 2. The Hall–Kier alpha value is -2.60. The summed E-state index contributed by atoms with van der Waals surface area (Å²) in [4.78, 5) is 12.1. The molecule has 0 aliphatic carbocycles. The van der Waals surface area contributed by atoms with Crippen molar-refractivity contribution in [3.05, 3.63) is 81.6 Å². The van der Waals surface area contributed by atoms with Crippen molar-refractivity contribution < 1.29 is 9.53 Å². The zero-order valence-corrected chi connectivity index (χ0v) is 16.3. The average molecular weight is 414 g/mol. The molecule has 1 heterocycles. The molecule has 0 saturated carbocycles. The minimum atomic E-state index is -0.483. The van der Waals surface area contributed by atoms with Crippen LogP contribution in [0.2, 0.25) is 0 Å². The van der Waals surface area contributed by atoms with E-state index >= 15 is 0 Å². The Bertz CT molecular complexity index is 889. The summed E-state index contributed by atoms with van der Waals surface area (Å²) in [5, 5.41) is 7.35. The highest BCUT2D eigenvalue weighted by Gasteiger charge is 2.15. The van der Waals surface area contributed by atoms with Crippen molar-refractivity contribution in [1.29, 1.82) is 0 Å². The van der Waals surface area contributed by atoms with E-state index in [1.807, 2.05) is 73.1 Å². The third-order valence-electron chi connectivity index (χ3n) is 4.07. The third kappa shape index (κ3) is 4.52. The lowest BCUT2D eigenvalue weighted by molar-refractivity contribution is 0.155. The van der Waals surface area contributed by atoms with E-state index in [2.05, 4.69) is 26.3 Å². The molecule has 1 N–H and O–H groups in total. The molecule has 0 radical (unpaired) electrons. The SMILES string of the molecule is Cc1nn(Cc2ccc(Br)cc2)c(C)c1NC(=O)OCc1ccccc1. The monoisotopic (exact) mass is 413 g/mol. The van der Waals surface area contributed by atoms with E-state index in [-0.39, 0.29) is 6.61 Å². The first-order valence-corrected chi connectivity index (χ1v) is 9.08. The number of nitrogens with zero attached hydrogens (tertiary/aromatic N) is 2. The minimum absolute atomic E-state index is 0.234. The number of halogens is 1. The summed E-state index contributed by atoms with van der Waals surface area (Å²) in [6.45, 7) is 4.68. The summed E-state index contributed by atoms with van der Waals surface area (Å²) in [6.07, 6.45) is -0.483. The van der Waals surface area contributed by atoms with Crippen LogP contribution in [-0.2, 0) is 17.9 Å². The molecule has 0 saturated heterocycles. The maximum atomic E-state index is 12.1. The second-order valence-corrected chi connectivity index (χ2v) is 6.93. The van der Waals surface area contributed by atoms with Gasteiger partial charge in [0.25, 0.3) is 0 Å². The number of nitrogens with one attached hydrogen (secondary N) is 1. The van der Waals surface area contributed by atoms with Crippen molar-refractivity contribution in [1.82, 2.24) is 9.78 Å². The molecule has 2 aromatic carbocycles. The molecular weight excluding hydrogens is 394 g/mol. The number of hydrogen-bond acceptors (Lipinski definition) is 3. The molecular formula is C20H20BrN3O2. The van der Waals surface area contributed by atoms with Crippen LogP contribution in [0.4, 0.5) is 10.5 Å². The highest BCUT2D eigenvalue weighted by molar-refractivity contribution is 9.10. The smallest absolute Gasteiger partial charge is 0.412 e. The van der Waals surface area contributed by atoms with Crippen molar-refractivity contribution >= 4 is 27.7 Å². The quantitative estimate of drug-likeness (QED) is 0.635. The van der Waals surface area contributed by atoms with Gasteiger partial charge in [-0.3, -0.25) is 10.00 Å². The van der Waals surface area contributed by atoms with Gasteiger partial charge in [0.05, 0.1) is 23.6 Å². The van der Waals surface area contributed by atoms with Gasteiger partial charge < -0.3 is 4.74 Å². The number of aryl methyl sites for hydroxylation is 1. The Morgan fingerprint density at radius 1 is 1.08 bits per heavy atom. The van der Waals surface area contributed by atoms with E-state index in [0.29, 0.717) is 12.2 Å². The van der Waals surface area contributed by atoms with Gasteiger partial charge in [0.15, 0.2) is 0 Å². The van der Waals surface area contributed by atoms with Crippen molar-refractivity contribution in [2.24, 2.45) is 0 Å². The molecule has 0 aliphatic heterocycles. The van der Waals surface area contributed by atoms with Crippen LogP contribution >= 0.6 is 15.9 Å². The summed E-state index contributed by atoms with van der Waals surface area (Å²) in [6, 6.07) is 17.7. The van der Waals surface area contributed by atoms with Crippen LogP contribution in [0.5, 0.6) is 0 Å². The molecule has 3 rings (SSSR count). The number of ether oxygens (including phenoxy) is 1. The molecule has 1 amide bonds. The fraction of sp³-hybridized carbons (Fsp3) is 0.200. The predicted octanol–water partition coefficient (Wildman–Crippen LogP) is 5.06. The van der Waals surface area contributed by atoms with Gasteiger partial charge in [0, 0.05) is 4.47 Å². The van der Waals surface area contributed by atoms with Gasteiger partial charge in [0.1, 0.15) is 6.61 Å². The first kappa shape index (κ1) is 18.2. The largest absolute Gasteiger partial charge is 0.444 e. The minimum Gasteiger partial charge on any atom is -0.444 e. The van der Waals surface area contributed by atoms with E-state index in [0.717, 1.165) is 27.0 Å². The second-order valence-electron chi connectivity index (χ2n) is 6.02. The van der Waals surface area contributed by atoms with Crippen molar-refractivity contribution in [2.45, 2.75) is 27.0 Å². The Morgan fingerprint density at radius 2 is 1.77 bits per heavy atom. The van der Waals surface area contributed by atoms with Gasteiger partial charge in [-0.25, -0.2) is 4.79 Å². The van der Waals surface area contributed by atoms with Crippen LogP contribution in [-0.4, -0.2) is 15.9 Å². The third-order valence-corrected chi connectivity index (χ3v) is 4.60. The Kier molecular flexibility index (Phi) is 5.73. The fourth-order valence-electron chi connectivity index (χ4n) is 2.66. The summed E-state index contributed by atoms with van der Waals surface area (Å²) in [5.41, 5.74) is 4.43. The van der Waals surface area contributed by atoms with Gasteiger partial charge in [-0.1, -0.05) is 58.4 Å². The molecule has 0 spiro atoms. The lowest BCUT2D eigenvalue weighted by atomic mass is 10.2. The number of amides is 1. The van der Waals surface area contributed by atoms with E-state index in [4.69, 9.17) is 4.74 Å². The molecule has 0 bridgehead atoms. The van der Waals surface area contributed by atoms with Crippen LogP contribution in [0.3, 0.4) is 0 Å². The van der Waals surface area contributed by atoms with E-state index in [1.54, 1.807) is 0 Å². The van der Waals surface area contributed by atoms with Gasteiger partial charge >= 0.3 is 6.09 Å². The number of aromatic nitrogens is 2. The standard InChI is InChI=1S/C20H20BrN3O2/c1-14-19(22-20(25)26-13-17-6-4-3-5-7-17)15(2)24(23-14)12-16-8-10-18(21)11-9-16/h3-11H,12-13H2,1-2H3,(H,22,25). The summed E-state index contributed by atoms with van der Waals surface area (Å²) in [7, 11) is 0. The van der Waals surface area contributed by atoms with Gasteiger partial charge in [0.2, 0.25) is 0 Å². The first-order valence-electron chi connectivity index (χ1n) is 8.29. The number of hydrogen-bond donors (Lipinski definition) is 1. The molecule has 26 heavy (non-hydrogen) atoms. The van der Waals surface area contributed by atoms with Crippen molar-refractivity contribution in [3.8, 4) is 0 Å². The molecule has 1 aromatic heterocycles. The maximum absolute atomic E-state index is 12.1. The first-order chi connectivity index (χ1) is 12.5. The highest BCUT2D eigenvalue weighted by Crippen LogP contribution is 2.21. The average Bonchev–Trinajstić information content (AvgIpc) is 2.90. The van der Waals surface area contributed by atoms with Crippen molar-refractivity contribution in [2.75, 3.05) is 5.32 Å². The molecule has 0 fully saturated rings. The molecule has 0 unspecified atom stereocenters. The summed E-state index contributed by atoms with van der Waals surface area (Å²) >= 11 is 3.44. The molecule has 3 aromatic rings.